The number of anilines is 2. The van der Waals surface area contributed by atoms with Crippen LogP contribution in [0.15, 0.2) is 36.4 Å². The number of hydrogen-bond donors (Lipinski definition) is 2. The first-order valence-electron chi connectivity index (χ1n) is 15.7. The monoisotopic (exact) mass is 563 g/mol. The SMILES string of the molecule is Cc1cccc(C)c1NC(=O)C[N+]1(CCCCCCN2CCCCC2C(=O)Nc2c(C)cccc2C)CCOCC1. The van der Waals surface area contributed by atoms with Gasteiger partial charge in [0.2, 0.25) is 5.91 Å². The first-order valence-corrected chi connectivity index (χ1v) is 15.7. The molecule has 7 heteroatoms. The Bertz CT molecular complexity index is 1130. The van der Waals surface area contributed by atoms with Gasteiger partial charge in [0.05, 0.1) is 25.8 Å². The predicted molar refractivity (Wildman–Crippen MR) is 167 cm³/mol. The van der Waals surface area contributed by atoms with E-state index in [0.717, 1.165) is 123 Å². The molecular formula is C34H51N4O3+. The first-order chi connectivity index (χ1) is 19.8. The molecule has 41 heavy (non-hydrogen) atoms. The van der Waals surface area contributed by atoms with Crippen LogP contribution < -0.4 is 10.6 Å². The summed E-state index contributed by atoms with van der Waals surface area (Å²) in [6, 6.07) is 12.2. The van der Waals surface area contributed by atoms with Gasteiger partial charge in [-0.3, -0.25) is 14.5 Å². The van der Waals surface area contributed by atoms with Crippen molar-refractivity contribution in [2.24, 2.45) is 0 Å². The van der Waals surface area contributed by atoms with E-state index in [-0.39, 0.29) is 17.9 Å². The van der Waals surface area contributed by atoms with Crippen molar-refractivity contribution >= 4 is 23.2 Å². The van der Waals surface area contributed by atoms with Crippen LogP contribution in [0.4, 0.5) is 11.4 Å². The normalized spacial score (nSPS) is 19.1. The Morgan fingerprint density at radius 2 is 1.41 bits per heavy atom. The van der Waals surface area contributed by atoms with Crippen molar-refractivity contribution in [2.75, 3.05) is 63.1 Å². The van der Waals surface area contributed by atoms with Crippen molar-refractivity contribution in [3.05, 3.63) is 58.7 Å². The van der Waals surface area contributed by atoms with E-state index in [4.69, 9.17) is 4.74 Å². The summed E-state index contributed by atoms with van der Waals surface area (Å²) in [5, 5.41) is 6.44. The Balaban J connectivity index is 1.23. The minimum absolute atomic E-state index is 0.0414. The molecule has 2 aliphatic heterocycles. The summed E-state index contributed by atoms with van der Waals surface area (Å²) >= 11 is 0. The third-order valence-electron chi connectivity index (χ3n) is 9.12. The number of carbonyl (C=O) groups is 2. The van der Waals surface area contributed by atoms with Crippen LogP contribution in [0.25, 0.3) is 0 Å². The number of piperidine rings is 1. The molecule has 2 aromatic rings. The van der Waals surface area contributed by atoms with Gasteiger partial charge in [0, 0.05) is 11.4 Å². The average molecular weight is 564 g/mol. The van der Waals surface area contributed by atoms with Crippen LogP contribution in [0.5, 0.6) is 0 Å². The highest BCUT2D eigenvalue weighted by Crippen LogP contribution is 2.24. The third-order valence-corrected chi connectivity index (χ3v) is 9.12. The van der Waals surface area contributed by atoms with Crippen LogP contribution in [0.2, 0.25) is 0 Å². The maximum absolute atomic E-state index is 13.3. The molecular weight excluding hydrogens is 512 g/mol. The van der Waals surface area contributed by atoms with E-state index >= 15 is 0 Å². The van der Waals surface area contributed by atoms with Crippen molar-refractivity contribution in [1.29, 1.82) is 0 Å². The number of hydrogen-bond acceptors (Lipinski definition) is 4. The number of para-hydroxylation sites is 2. The molecule has 2 N–H and O–H groups in total. The fraction of sp³-hybridized carbons (Fsp3) is 0.588. The van der Waals surface area contributed by atoms with E-state index in [1.54, 1.807) is 0 Å². The zero-order chi connectivity index (χ0) is 29.2. The van der Waals surface area contributed by atoms with Crippen molar-refractivity contribution in [3.63, 3.8) is 0 Å². The number of carbonyl (C=O) groups excluding carboxylic acids is 2. The number of nitrogens with one attached hydrogen (secondary N) is 2. The minimum Gasteiger partial charge on any atom is -0.370 e. The second-order valence-electron chi connectivity index (χ2n) is 12.3. The number of unbranched alkanes of at least 4 members (excludes halogenated alkanes) is 3. The number of ether oxygens (including phenoxy) is 1. The Morgan fingerprint density at radius 3 is 2.05 bits per heavy atom. The maximum Gasteiger partial charge on any atom is 0.279 e. The Kier molecular flexibility index (Phi) is 11.4. The molecule has 2 fully saturated rings. The van der Waals surface area contributed by atoms with Gasteiger partial charge in [-0.15, -0.1) is 0 Å². The van der Waals surface area contributed by atoms with Gasteiger partial charge in [0.1, 0.15) is 13.1 Å². The molecule has 4 rings (SSSR count). The lowest BCUT2D eigenvalue weighted by atomic mass is 10.00. The molecule has 0 spiro atoms. The molecule has 2 aliphatic rings. The summed E-state index contributed by atoms with van der Waals surface area (Å²) in [7, 11) is 0. The molecule has 0 saturated carbocycles. The van der Waals surface area contributed by atoms with Crippen LogP contribution in [0.3, 0.4) is 0 Å². The number of rotatable bonds is 12. The highest BCUT2D eigenvalue weighted by Gasteiger charge is 2.33. The number of nitrogens with zero attached hydrogens (tertiary/aromatic N) is 2. The van der Waals surface area contributed by atoms with Gasteiger partial charge in [-0.1, -0.05) is 49.2 Å². The van der Waals surface area contributed by atoms with Gasteiger partial charge in [-0.25, -0.2) is 0 Å². The molecule has 2 heterocycles. The summed E-state index contributed by atoms with van der Waals surface area (Å²) in [6.07, 6.45) is 7.71. The minimum atomic E-state index is -0.0414. The lowest BCUT2D eigenvalue weighted by Crippen LogP contribution is -2.58. The first kappa shape index (κ1) is 31.2. The van der Waals surface area contributed by atoms with Crippen molar-refractivity contribution in [2.45, 2.75) is 78.7 Å². The molecule has 1 unspecified atom stereocenters. The molecule has 0 bridgehead atoms. The van der Waals surface area contributed by atoms with Crippen molar-refractivity contribution in [3.8, 4) is 0 Å². The van der Waals surface area contributed by atoms with E-state index in [1.165, 1.54) is 6.42 Å². The van der Waals surface area contributed by atoms with Gasteiger partial charge in [-0.05, 0) is 95.1 Å². The maximum atomic E-state index is 13.3. The van der Waals surface area contributed by atoms with Crippen LogP contribution in [-0.2, 0) is 14.3 Å². The fourth-order valence-corrected chi connectivity index (χ4v) is 6.58. The standard InChI is InChI=1S/C34H50N4O3/c1-26-13-11-14-27(2)32(26)35-31(39)25-38(21-23-41-24-22-38)20-10-6-5-8-18-37-19-9-7-17-30(37)34(40)36-33-28(3)15-12-16-29(33)4/h11-16,30H,5-10,17-25H2,1-4H3,(H-,35,36,39,40)/p+1. The second-order valence-corrected chi connectivity index (χ2v) is 12.3. The Labute approximate surface area is 247 Å². The summed E-state index contributed by atoms with van der Waals surface area (Å²) in [5.41, 5.74) is 6.35. The average Bonchev–Trinajstić information content (AvgIpc) is 2.95. The van der Waals surface area contributed by atoms with Crippen molar-refractivity contribution in [1.82, 2.24) is 4.90 Å². The van der Waals surface area contributed by atoms with E-state index in [2.05, 4.69) is 41.5 Å². The summed E-state index contributed by atoms with van der Waals surface area (Å²) in [5.74, 6) is 0.236. The lowest BCUT2D eigenvalue weighted by Gasteiger charge is -2.41. The van der Waals surface area contributed by atoms with Crippen LogP contribution in [0, 0.1) is 27.7 Å². The number of likely N-dealkylation sites (tertiary alicyclic amines) is 1. The number of quaternary nitrogens is 1. The van der Waals surface area contributed by atoms with Crippen LogP contribution in [0.1, 0.15) is 67.2 Å². The quantitative estimate of drug-likeness (QED) is 0.255. The molecule has 2 amide bonds. The van der Waals surface area contributed by atoms with E-state index in [0.29, 0.717) is 6.54 Å². The summed E-state index contributed by atoms with van der Waals surface area (Å²) in [6.45, 7) is 14.9. The molecule has 0 radical (unpaired) electrons. The molecule has 2 saturated heterocycles. The number of amides is 2. The lowest BCUT2D eigenvalue weighted by molar-refractivity contribution is -0.928. The molecule has 0 aromatic heterocycles. The largest absolute Gasteiger partial charge is 0.370 e. The van der Waals surface area contributed by atoms with E-state index < -0.39 is 0 Å². The Hall–Kier alpha value is -2.74. The molecule has 7 nitrogen and oxygen atoms in total. The van der Waals surface area contributed by atoms with Crippen LogP contribution in [-0.4, -0.2) is 79.7 Å². The molecule has 2 aromatic carbocycles. The highest BCUT2D eigenvalue weighted by molar-refractivity contribution is 5.96. The topological polar surface area (TPSA) is 70.7 Å². The van der Waals surface area contributed by atoms with Gasteiger partial charge < -0.3 is 19.9 Å². The smallest absolute Gasteiger partial charge is 0.279 e. The number of aryl methyl sites for hydroxylation is 4. The summed E-state index contributed by atoms with van der Waals surface area (Å²) in [4.78, 5) is 28.8. The fourth-order valence-electron chi connectivity index (χ4n) is 6.58. The van der Waals surface area contributed by atoms with Gasteiger partial charge in [-0.2, -0.15) is 0 Å². The van der Waals surface area contributed by atoms with Crippen LogP contribution >= 0.6 is 0 Å². The molecule has 0 aliphatic carbocycles. The summed E-state index contributed by atoms with van der Waals surface area (Å²) < 4.78 is 6.48. The Morgan fingerprint density at radius 1 is 0.829 bits per heavy atom. The van der Waals surface area contributed by atoms with Gasteiger partial charge >= 0.3 is 0 Å². The third kappa shape index (κ3) is 8.63. The number of benzene rings is 2. The highest BCUT2D eigenvalue weighted by atomic mass is 16.5. The second kappa shape index (κ2) is 14.9. The number of morpholine rings is 1. The zero-order valence-electron chi connectivity index (χ0n) is 25.8. The predicted octanol–water partition coefficient (Wildman–Crippen LogP) is 5.76. The van der Waals surface area contributed by atoms with Crippen molar-refractivity contribution < 1.29 is 18.8 Å². The molecule has 1 atom stereocenters. The van der Waals surface area contributed by atoms with E-state index in [9.17, 15) is 9.59 Å². The van der Waals surface area contributed by atoms with Gasteiger partial charge in [0.15, 0.2) is 6.54 Å². The molecule has 224 valence electrons. The zero-order valence-corrected chi connectivity index (χ0v) is 25.8. The van der Waals surface area contributed by atoms with Gasteiger partial charge in [0.25, 0.3) is 5.91 Å². The van der Waals surface area contributed by atoms with E-state index in [1.807, 2.05) is 38.1 Å².